The van der Waals surface area contributed by atoms with E-state index in [-0.39, 0.29) is 22.2 Å². The molecular formula is C12H10ClN3O2. The zero-order valence-corrected chi connectivity index (χ0v) is 9.98. The van der Waals surface area contributed by atoms with Gasteiger partial charge in [0.15, 0.2) is 5.15 Å². The standard InChI is InChI=1S/C12H10ClN3O2/c13-11-10(2-1-5-15-11)16-12(18)8-6-7(17)3-4-9(8)14/h1-6,17H,14H2,(H,16,18). The zero-order chi connectivity index (χ0) is 13.1. The number of carbonyl (C=O) groups is 1. The second-order valence-electron chi connectivity index (χ2n) is 3.57. The molecule has 0 atom stereocenters. The summed E-state index contributed by atoms with van der Waals surface area (Å²) in [6, 6.07) is 7.41. The van der Waals surface area contributed by atoms with Gasteiger partial charge < -0.3 is 16.2 Å². The summed E-state index contributed by atoms with van der Waals surface area (Å²) in [4.78, 5) is 15.8. The third kappa shape index (κ3) is 2.52. The summed E-state index contributed by atoms with van der Waals surface area (Å²) in [7, 11) is 0. The molecule has 0 aliphatic heterocycles. The molecule has 1 heterocycles. The van der Waals surface area contributed by atoms with Gasteiger partial charge in [0, 0.05) is 11.9 Å². The maximum atomic E-state index is 12.0. The number of aromatic nitrogens is 1. The quantitative estimate of drug-likeness (QED) is 0.441. The van der Waals surface area contributed by atoms with Crippen molar-refractivity contribution in [1.29, 1.82) is 0 Å². The number of aromatic hydroxyl groups is 1. The first kappa shape index (κ1) is 12.2. The number of hydrogen-bond donors (Lipinski definition) is 3. The summed E-state index contributed by atoms with van der Waals surface area (Å²) in [6.07, 6.45) is 1.51. The van der Waals surface area contributed by atoms with Crippen molar-refractivity contribution in [2.45, 2.75) is 0 Å². The summed E-state index contributed by atoms with van der Waals surface area (Å²) in [5.41, 5.74) is 6.49. The molecule has 1 aromatic heterocycles. The van der Waals surface area contributed by atoms with Gasteiger partial charge in [0.05, 0.1) is 11.3 Å². The average Bonchev–Trinajstić information content (AvgIpc) is 2.35. The minimum absolute atomic E-state index is 0.0355. The summed E-state index contributed by atoms with van der Waals surface area (Å²) < 4.78 is 0. The number of nitrogens with one attached hydrogen (secondary N) is 1. The molecule has 0 aliphatic rings. The second kappa shape index (κ2) is 4.93. The number of rotatable bonds is 2. The molecule has 0 aliphatic carbocycles. The maximum Gasteiger partial charge on any atom is 0.257 e. The van der Waals surface area contributed by atoms with E-state index in [0.717, 1.165) is 0 Å². The predicted molar refractivity (Wildman–Crippen MR) is 69.7 cm³/mol. The molecule has 0 spiro atoms. The smallest absolute Gasteiger partial charge is 0.257 e. The summed E-state index contributed by atoms with van der Waals surface area (Å²) in [6.45, 7) is 0. The van der Waals surface area contributed by atoms with E-state index in [9.17, 15) is 9.90 Å². The molecule has 0 unspecified atom stereocenters. The molecule has 0 saturated heterocycles. The van der Waals surface area contributed by atoms with Crippen LogP contribution in [0.3, 0.4) is 0 Å². The van der Waals surface area contributed by atoms with Crippen molar-refractivity contribution in [3.05, 3.63) is 47.2 Å². The Morgan fingerprint density at radius 2 is 2.17 bits per heavy atom. The van der Waals surface area contributed by atoms with E-state index in [1.165, 1.54) is 24.4 Å². The average molecular weight is 264 g/mol. The van der Waals surface area contributed by atoms with Crippen molar-refractivity contribution in [2.24, 2.45) is 0 Å². The van der Waals surface area contributed by atoms with E-state index in [0.29, 0.717) is 5.69 Å². The van der Waals surface area contributed by atoms with Crippen LogP contribution in [-0.2, 0) is 0 Å². The number of nitrogens with two attached hydrogens (primary N) is 1. The Hall–Kier alpha value is -2.27. The molecule has 1 aromatic carbocycles. The van der Waals surface area contributed by atoms with Gasteiger partial charge in [0.25, 0.3) is 5.91 Å². The fraction of sp³-hybridized carbons (Fsp3) is 0. The molecule has 0 bridgehead atoms. The fourth-order valence-corrected chi connectivity index (χ4v) is 1.58. The highest BCUT2D eigenvalue weighted by Gasteiger charge is 2.12. The van der Waals surface area contributed by atoms with Crippen molar-refractivity contribution in [1.82, 2.24) is 4.98 Å². The zero-order valence-electron chi connectivity index (χ0n) is 9.22. The van der Waals surface area contributed by atoms with Gasteiger partial charge in [-0.2, -0.15) is 0 Å². The van der Waals surface area contributed by atoms with Crippen molar-refractivity contribution >= 4 is 28.9 Å². The van der Waals surface area contributed by atoms with E-state index in [1.807, 2.05) is 0 Å². The van der Waals surface area contributed by atoms with Crippen molar-refractivity contribution < 1.29 is 9.90 Å². The molecule has 2 rings (SSSR count). The molecule has 6 heteroatoms. The number of amides is 1. The van der Waals surface area contributed by atoms with E-state index in [1.54, 1.807) is 12.1 Å². The lowest BCUT2D eigenvalue weighted by Gasteiger charge is -2.08. The number of halogens is 1. The number of pyridine rings is 1. The van der Waals surface area contributed by atoms with Crippen LogP contribution >= 0.6 is 11.6 Å². The number of anilines is 2. The Bertz CT molecular complexity index is 602. The first-order valence-electron chi connectivity index (χ1n) is 5.08. The Morgan fingerprint density at radius 3 is 2.89 bits per heavy atom. The van der Waals surface area contributed by atoms with Crippen molar-refractivity contribution in [3.63, 3.8) is 0 Å². The largest absolute Gasteiger partial charge is 0.508 e. The monoisotopic (exact) mass is 263 g/mol. The fourth-order valence-electron chi connectivity index (χ4n) is 1.41. The molecule has 4 N–H and O–H groups in total. The third-order valence-electron chi connectivity index (χ3n) is 2.29. The first-order chi connectivity index (χ1) is 8.58. The number of benzene rings is 1. The maximum absolute atomic E-state index is 12.0. The number of hydrogen-bond acceptors (Lipinski definition) is 4. The number of carbonyl (C=O) groups excluding carboxylic acids is 1. The Kier molecular flexibility index (Phi) is 3.34. The summed E-state index contributed by atoms with van der Waals surface area (Å²) >= 11 is 5.82. The highest BCUT2D eigenvalue weighted by atomic mass is 35.5. The number of phenols is 1. The minimum Gasteiger partial charge on any atom is -0.508 e. The Balaban J connectivity index is 2.28. The van der Waals surface area contributed by atoms with Crippen LogP contribution in [-0.4, -0.2) is 16.0 Å². The molecule has 1 amide bonds. The molecule has 0 radical (unpaired) electrons. The number of nitrogen functional groups attached to an aromatic ring is 1. The van der Waals surface area contributed by atoms with E-state index in [2.05, 4.69) is 10.3 Å². The highest BCUT2D eigenvalue weighted by Crippen LogP contribution is 2.22. The molecule has 0 saturated carbocycles. The summed E-state index contributed by atoms with van der Waals surface area (Å²) in [5.74, 6) is -0.495. The first-order valence-corrected chi connectivity index (χ1v) is 5.46. The van der Waals surface area contributed by atoms with Crippen molar-refractivity contribution in [2.75, 3.05) is 11.1 Å². The van der Waals surface area contributed by atoms with Crippen LogP contribution in [0.1, 0.15) is 10.4 Å². The summed E-state index contributed by atoms with van der Waals surface area (Å²) in [5, 5.41) is 12.1. The second-order valence-corrected chi connectivity index (χ2v) is 3.93. The Morgan fingerprint density at radius 1 is 1.39 bits per heavy atom. The lowest BCUT2D eigenvalue weighted by atomic mass is 10.1. The third-order valence-corrected chi connectivity index (χ3v) is 2.59. The molecule has 0 fully saturated rings. The van der Waals surface area contributed by atoms with Crippen LogP contribution < -0.4 is 11.1 Å². The molecular weight excluding hydrogens is 254 g/mol. The van der Waals surface area contributed by atoms with Gasteiger partial charge in [-0.25, -0.2) is 4.98 Å². The van der Waals surface area contributed by atoms with Gasteiger partial charge in [-0.1, -0.05) is 11.6 Å². The van der Waals surface area contributed by atoms with Crippen LogP contribution in [0.4, 0.5) is 11.4 Å². The van der Waals surface area contributed by atoms with E-state index >= 15 is 0 Å². The van der Waals surface area contributed by atoms with E-state index in [4.69, 9.17) is 17.3 Å². The van der Waals surface area contributed by atoms with Crippen LogP contribution in [0.15, 0.2) is 36.5 Å². The lowest BCUT2D eigenvalue weighted by Crippen LogP contribution is -2.14. The van der Waals surface area contributed by atoms with Crippen LogP contribution in [0.25, 0.3) is 0 Å². The van der Waals surface area contributed by atoms with E-state index < -0.39 is 5.91 Å². The van der Waals surface area contributed by atoms with Crippen LogP contribution in [0.2, 0.25) is 5.15 Å². The minimum atomic E-state index is -0.460. The number of phenolic OH excluding ortho intramolecular Hbond substituents is 1. The molecule has 2 aromatic rings. The van der Waals surface area contributed by atoms with Gasteiger partial charge in [-0.3, -0.25) is 4.79 Å². The Labute approximate surface area is 108 Å². The lowest BCUT2D eigenvalue weighted by molar-refractivity contribution is 0.102. The molecule has 18 heavy (non-hydrogen) atoms. The van der Waals surface area contributed by atoms with Crippen LogP contribution in [0, 0.1) is 0 Å². The topological polar surface area (TPSA) is 88.2 Å². The van der Waals surface area contributed by atoms with Gasteiger partial charge >= 0.3 is 0 Å². The normalized spacial score (nSPS) is 10.1. The predicted octanol–water partition coefficient (Wildman–Crippen LogP) is 2.28. The van der Waals surface area contributed by atoms with Gasteiger partial charge in [-0.05, 0) is 30.3 Å². The van der Waals surface area contributed by atoms with Gasteiger partial charge in [0.1, 0.15) is 5.75 Å². The molecule has 92 valence electrons. The number of nitrogens with zero attached hydrogens (tertiary/aromatic N) is 1. The van der Waals surface area contributed by atoms with Crippen molar-refractivity contribution in [3.8, 4) is 5.75 Å². The highest BCUT2D eigenvalue weighted by molar-refractivity contribution is 6.32. The van der Waals surface area contributed by atoms with Crippen LogP contribution in [0.5, 0.6) is 5.75 Å². The van der Waals surface area contributed by atoms with Gasteiger partial charge in [0.2, 0.25) is 0 Å². The SMILES string of the molecule is Nc1ccc(O)cc1C(=O)Nc1cccnc1Cl. The van der Waals surface area contributed by atoms with Gasteiger partial charge in [-0.15, -0.1) is 0 Å². The molecule has 5 nitrogen and oxygen atoms in total.